The normalized spacial score (nSPS) is 10.2. The maximum atomic E-state index is 12.0. The molecule has 0 saturated carbocycles. The fourth-order valence-corrected chi connectivity index (χ4v) is 1.61. The smallest absolute Gasteiger partial charge is 0.255 e. The number of anilines is 2. The zero-order valence-corrected chi connectivity index (χ0v) is 11.1. The lowest BCUT2D eigenvalue weighted by Gasteiger charge is -2.06. The molecule has 0 spiro atoms. The van der Waals surface area contributed by atoms with Crippen LogP contribution in [0.5, 0.6) is 0 Å². The number of carbonyl (C=O) groups is 1. The average Bonchev–Trinajstić information content (AvgIpc) is 2.82. The molecule has 2 N–H and O–H groups in total. The van der Waals surface area contributed by atoms with E-state index in [2.05, 4.69) is 27.6 Å². The number of nitrogens with one attached hydrogen (secondary N) is 2. The van der Waals surface area contributed by atoms with E-state index in [1.54, 1.807) is 42.5 Å². The molecule has 2 aromatic rings. The van der Waals surface area contributed by atoms with E-state index in [4.69, 9.17) is 0 Å². The van der Waals surface area contributed by atoms with Crippen molar-refractivity contribution < 1.29 is 4.79 Å². The third kappa shape index (κ3) is 3.54. The van der Waals surface area contributed by atoms with Crippen molar-refractivity contribution in [1.82, 2.24) is 14.8 Å². The fourth-order valence-electron chi connectivity index (χ4n) is 1.61. The molecule has 2 rings (SSSR count). The van der Waals surface area contributed by atoms with Gasteiger partial charge in [-0.3, -0.25) is 9.48 Å². The molecule has 6 heteroatoms. The monoisotopic (exact) mass is 259 g/mol. The van der Waals surface area contributed by atoms with Crippen molar-refractivity contribution in [3.63, 3.8) is 0 Å². The Morgan fingerprint density at radius 1 is 1.47 bits per heavy atom. The van der Waals surface area contributed by atoms with Crippen molar-refractivity contribution >= 4 is 17.4 Å². The van der Waals surface area contributed by atoms with E-state index in [0.29, 0.717) is 17.1 Å². The number of aryl methyl sites for hydroxylation is 1. The van der Waals surface area contributed by atoms with Crippen LogP contribution in [0.25, 0.3) is 0 Å². The van der Waals surface area contributed by atoms with Crippen molar-refractivity contribution in [3.05, 3.63) is 36.3 Å². The zero-order valence-electron chi connectivity index (χ0n) is 11.1. The lowest BCUT2D eigenvalue weighted by Crippen LogP contribution is -2.12. The number of hydrogen-bond acceptors (Lipinski definition) is 4. The minimum Gasteiger partial charge on any atom is -0.370 e. The SMILES string of the molecule is CCCNc1cc(C(=O)Nc2cnn(C)c2)ccn1. The van der Waals surface area contributed by atoms with Gasteiger partial charge in [0.05, 0.1) is 11.9 Å². The number of carbonyl (C=O) groups excluding carboxylic acids is 1. The Hall–Kier alpha value is -2.37. The molecule has 19 heavy (non-hydrogen) atoms. The molecular formula is C13H17N5O. The molecule has 1 amide bonds. The van der Waals surface area contributed by atoms with E-state index in [1.165, 1.54) is 0 Å². The summed E-state index contributed by atoms with van der Waals surface area (Å²) in [4.78, 5) is 16.2. The van der Waals surface area contributed by atoms with Crippen LogP contribution in [0.4, 0.5) is 11.5 Å². The lowest BCUT2D eigenvalue weighted by atomic mass is 10.2. The van der Waals surface area contributed by atoms with Crippen LogP contribution in [0.3, 0.4) is 0 Å². The first-order valence-corrected chi connectivity index (χ1v) is 6.19. The second kappa shape index (κ2) is 5.99. The summed E-state index contributed by atoms with van der Waals surface area (Å²) in [5.74, 6) is 0.538. The Morgan fingerprint density at radius 3 is 3.00 bits per heavy atom. The third-order valence-corrected chi connectivity index (χ3v) is 2.54. The number of hydrogen-bond donors (Lipinski definition) is 2. The first kappa shape index (κ1) is 13.1. The zero-order chi connectivity index (χ0) is 13.7. The average molecular weight is 259 g/mol. The van der Waals surface area contributed by atoms with Crippen molar-refractivity contribution in [2.75, 3.05) is 17.2 Å². The topological polar surface area (TPSA) is 71.8 Å². The molecule has 100 valence electrons. The Kier molecular flexibility index (Phi) is 4.12. The highest BCUT2D eigenvalue weighted by atomic mass is 16.1. The van der Waals surface area contributed by atoms with E-state index >= 15 is 0 Å². The molecule has 6 nitrogen and oxygen atoms in total. The van der Waals surface area contributed by atoms with Crippen molar-refractivity contribution in [1.29, 1.82) is 0 Å². The van der Waals surface area contributed by atoms with Crippen LogP contribution >= 0.6 is 0 Å². The van der Waals surface area contributed by atoms with Crippen molar-refractivity contribution in [3.8, 4) is 0 Å². The van der Waals surface area contributed by atoms with Gasteiger partial charge in [0.1, 0.15) is 5.82 Å². The quantitative estimate of drug-likeness (QED) is 0.860. The van der Waals surface area contributed by atoms with Gasteiger partial charge in [0.15, 0.2) is 0 Å². The van der Waals surface area contributed by atoms with E-state index in [9.17, 15) is 4.79 Å². The van der Waals surface area contributed by atoms with Crippen LogP contribution in [0.15, 0.2) is 30.7 Å². The number of aromatic nitrogens is 3. The van der Waals surface area contributed by atoms with Gasteiger partial charge < -0.3 is 10.6 Å². The van der Waals surface area contributed by atoms with Crippen molar-refractivity contribution in [2.45, 2.75) is 13.3 Å². The second-order valence-corrected chi connectivity index (χ2v) is 4.21. The summed E-state index contributed by atoms with van der Waals surface area (Å²) in [6, 6.07) is 3.42. The molecule has 0 saturated heterocycles. The van der Waals surface area contributed by atoms with E-state index in [0.717, 1.165) is 13.0 Å². The largest absolute Gasteiger partial charge is 0.370 e. The van der Waals surface area contributed by atoms with Gasteiger partial charge in [-0.2, -0.15) is 5.10 Å². The van der Waals surface area contributed by atoms with Crippen LogP contribution in [0, 0.1) is 0 Å². The summed E-state index contributed by atoms with van der Waals surface area (Å²) < 4.78 is 1.64. The predicted octanol–water partition coefficient (Wildman–Crippen LogP) is 1.89. The Bertz CT molecular complexity index is 564. The van der Waals surface area contributed by atoms with Gasteiger partial charge in [0.2, 0.25) is 0 Å². The summed E-state index contributed by atoms with van der Waals surface area (Å²) >= 11 is 0. The summed E-state index contributed by atoms with van der Waals surface area (Å²) in [5, 5.41) is 9.93. The van der Waals surface area contributed by atoms with Crippen LogP contribution in [0.1, 0.15) is 23.7 Å². The molecule has 0 unspecified atom stereocenters. The van der Waals surface area contributed by atoms with Crippen molar-refractivity contribution in [2.24, 2.45) is 7.05 Å². The first-order valence-electron chi connectivity index (χ1n) is 6.19. The molecule has 2 aromatic heterocycles. The van der Waals surface area contributed by atoms with Gasteiger partial charge in [-0.15, -0.1) is 0 Å². The van der Waals surface area contributed by atoms with Gasteiger partial charge in [-0.1, -0.05) is 6.92 Å². The summed E-state index contributed by atoms with van der Waals surface area (Å²) in [7, 11) is 1.80. The van der Waals surface area contributed by atoms with Gasteiger partial charge in [-0.05, 0) is 18.6 Å². The maximum Gasteiger partial charge on any atom is 0.255 e. The molecule has 0 bridgehead atoms. The number of rotatable bonds is 5. The predicted molar refractivity (Wildman–Crippen MR) is 74.2 cm³/mol. The summed E-state index contributed by atoms with van der Waals surface area (Å²) in [6.07, 6.45) is 5.98. The van der Waals surface area contributed by atoms with E-state index in [-0.39, 0.29) is 5.91 Å². The molecule has 0 aliphatic carbocycles. The molecule has 2 heterocycles. The molecule has 0 aliphatic rings. The second-order valence-electron chi connectivity index (χ2n) is 4.21. The highest BCUT2D eigenvalue weighted by Crippen LogP contribution is 2.10. The highest BCUT2D eigenvalue weighted by molar-refractivity contribution is 6.04. The molecular weight excluding hydrogens is 242 g/mol. The molecule has 0 atom stereocenters. The lowest BCUT2D eigenvalue weighted by molar-refractivity contribution is 0.102. The minimum absolute atomic E-state index is 0.171. The van der Waals surface area contributed by atoms with Crippen LogP contribution in [-0.2, 0) is 7.05 Å². The fraction of sp³-hybridized carbons (Fsp3) is 0.308. The summed E-state index contributed by atoms with van der Waals surface area (Å²) in [6.45, 7) is 2.91. The van der Waals surface area contributed by atoms with Gasteiger partial charge in [-0.25, -0.2) is 4.98 Å². The molecule has 0 aliphatic heterocycles. The molecule has 0 fully saturated rings. The number of nitrogens with zero attached hydrogens (tertiary/aromatic N) is 3. The van der Waals surface area contributed by atoms with Gasteiger partial charge >= 0.3 is 0 Å². The Labute approximate surface area is 111 Å². The van der Waals surface area contributed by atoms with E-state index in [1.807, 2.05) is 0 Å². The Morgan fingerprint density at radius 2 is 2.32 bits per heavy atom. The number of pyridine rings is 1. The molecule has 0 radical (unpaired) electrons. The molecule has 0 aromatic carbocycles. The maximum absolute atomic E-state index is 12.0. The van der Waals surface area contributed by atoms with Crippen LogP contribution in [0.2, 0.25) is 0 Å². The van der Waals surface area contributed by atoms with Gasteiger partial charge in [0, 0.05) is 31.5 Å². The van der Waals surface area contributed by atoms with Crippen LogP contribution < -0.4 is 10.6 Å². The Balaban J connectivity index is 2.06. The third-order valence-electron chi connectivity index (χ3n) is 2.54. The van der Waals surface area contributed by atoms with Crippen LogP contribution in [-0.4, -0.2) is 27.2 Å². The minimum atomic E-state index is -0.171. The highest BCUT2D eigenvalue weighted by Gasteiger charge is 2.08. The summed E-state index contributed by atoms with van der Waals surface area (Å²) in [5.41, 5.74) is 1.24. The first-order chi connectivity index (χ1) is 9.19. The van der Waals surface area contributed by atoms with E-state index < -0.39 is 0 Å². The standard InChI is InChI=1S/C13H17N5O/c1-3-5-14-12-7-10(4-6-15-12)13(19)17-11-8-16-18(2)9-11/h4,6-9H,3,5H2,1-2H3,(H,14,15)(H,17,19). The van der Waals surface area contributed by atoms with Gasteiger partial charge in [0.25, 0.3) is 5.91 Å². The number of amides is 1.